The lowest BCUT2D eigenvalue weighted by molar-refractivity contribution is -0.161. The van der Waals surface area contributed by atoms with Crippen molar-refractivity contribution in [1.82, 2.24) is 0 Å². The highest BCUT2D eigenvalue weighted by Gasteiger charge is 2.30. The van der Waals surface area contributed by atoms with Gasteiger partial charge in [0.1, 0.15) is 19.3 Å². The lowest BCUT2D eigenvalue weighted by Crippen LogP contribution is -2.30. The summed E-state index contributed by atoms with van der Waals surface area (Å²) in [7, 11) is -9.89. The summed E-state index contributed by atoms with van der Waals surface area (Å²) < 4.78 is 68.0. The fourth-order valence-corrected chi connectivity index (χ4v) is 11.5. The highest BCUT2D eigenvalue weighted by Crippen LogP contribution is 2.45. The maximum absolute atomic E-state index is 13.0. The number of carbonyl (C=O) groups is 4. The molecule has 6 atom stereocenters. The van der Waals surface area contributed by atoms with E-state index < -0.39 is 97.5 Å². The molecule has 0 aromatic heterocycles. The quantitative estimate of drug-likeness (QED) is 0.0222. The minimum Gasteiger partial charge on any atom is -0.462 e. The normalized spacial score (nSPS) is 14.5. The summed E-state index contributed by atoms with van der Waals surface area (Å²) >= 11 is 0. The Morgan fingerprint density at radius 1 is 0.329 bits per heavy atom. The predicted molar refractivity (Wildman–Crippen MR) is 340 cm³/mol. The summed E-state index contributed by atoms with van der Waals surface area (Å²) in [6.45, 7) is 7.21. The molecule has 3 N–H and O–H groups in total. The van der Waals surface area contributed by atoms with Crippen LogP contribution >= 0.6 is 15.6 Å². The van der Waals surface area contributed by atoms with E-state index in [-0.39, 0.29) is 25.7 Å². The number of phosphoric ester groups is 2. The van der Waals surface area contributed by atoms with Crippen molar-refractivity contribution in [3.8, 4) is 0 Å². The van der Waals surface area contributed by atoms with Gasteiger partial charge in [0.05, 0.1) is 26.4 Å². The van der Waals surface area contributed by atoms with Crippen LogP contribution in [0.3, 0.4) is 0 Å². The third-order valence-corrected chi connectivity index (χ3v) is 17.5. The van der Waals surface area contributed by atoms with Crippen LogP contribution in [0.15, 0.2) is 0 Å². The standard InChI is InChI=1S/C66H128O17P2/c1-6-10-13-16-19-22-23-24-25-31-35-40-45-50-64(69)77-56-62(83-66(71)52-47-42-37-32-27-26-30-33-38-43-48-59(5)9-4)58-81-85(74,75)79-54-60(67)53-78-84(72,73)80-57-61(82-65(70)51-46-41-36-29-21-18-15-12-8-3)55-76-63(68)49-44-39-34-28-20-17-14-11-7-2/h59-62,67H,6-58H2,1-5H3,(H,72,73)(H,74,75)/t59?,60-,61+,62+/m0/s1. The van der Waals surface area contributed by atoms with Gasteiger partial charge >= 0.3 is 39.5 Å². The summed E-state index contributed by atoms with van der Waals surface area (Å²) in [5.41, 5.74) is 0. The molecule has 0 rings (SSSR count). The van der Waals surface area contributed by atoms with Crippen molar-refractivity contribution in [1.29, 1.82) is 0 Å². The molecule has 0 aromatic rings. The Bertz CT molecular complexity index is 1650. The van der Waals surface area contributed by atoms with Gasteiger partial charge in [-0.15, -0.1) is 0 Å². The molecule has 0 aliphatic carbocycles. The Balaban J connectivity index is 5.23. The number of esters is 4. The fraction of sp³-hybridized carbons (Fsp3) is 0.939. The fourth-order valence-electron chi connectivity index (χ4n) is 9.90. The SMILES string of the molecule is CCCCCCCCCCCCCCCC(=O)OC[C@H](COP(=O)(O)OC[C@@H](O)COP(=O)(O)OC[C@@H](COC(=O)CCCCCCCCCCC)OC(=O)CCCCCCCCCCC)OC(=O)CCCCCCCCCCCCC(C)CC. The number of phosphoric acid groups is 2. The average Bonchev–Trinajstić information content (AvgIpc) is 3.53. The van der Waals surface area contributed by atoms with Crippen LogP contribution < -0.4 is 0 Å². The number of hydrogen-bond donors (Lipinski definition) is 3. The van der Waals surface area contributed by atoms with E-state index in [1.54, 1.807) is 0 Å². The molecule has 0 aliphatic rings. The van der Waals surface area contributed by atoms with E-state index in [4.69, 9.17) is 37.0 Å². The van der Waals surface area contributed by atoms with Gasteiger partial charge in [-0.05, 0) is 31.6 Å². The molecule has 85 heavy (non-hydrogen) atoms. The molecule has 504 valence electrons. The first kappa shape index (κ1) is 83.1. The van der Waals surface area contributed by atoms with Gasteiger partial charge in [-0.1, -0.05) is 285 Å². The number of unbranched alkanes of at least 4 members (excludes halogenated alkanes) is 37. The van der Waals surface area contributed by atoms with Crippen LogP contribution in [0.1, 0.15) is 336 Å². The summed E-state index contributed by atoms with van der Waals surface area (Å²) in [5, 5.41) is 10.5. The Hall–Kier alpha value is -1.94. The largest absolute Gasteiger partial charge is 0.472 e. The number of aliphatic hydroxyl groups is 1. The van der Waals surface area contributed by atoms with Crippen molar-refractivity contribution >= 4 is 39.5 Å². The van der Waals surface area contributed by atoms with Gasteiger partial charge in [0, 0.05) is 25.7 Å². The molecule has 17 nitrogen and oxygen atoms in total. The molecule has 0 fully saturated rings. The molecule has 0 radical (unpaired) electrons. The summed E-state index contributed by atoms with van der Waals surface area (Å²) in [5.74, 6) is -1.33. The van der Waals surface area contributed by atoms with Crippen LogP contribution in [0.5, 0.6) is 0 Å². The Labute approximate surface area is 517 Å². The minimum atomic E-state index is -4.95. The van der Waals surface area contributed by atoms with Crippen molar-refractivity contribution < 1.29 is 80.2 Å². The van der Waals surface area contributed by atoms with Crippen LogP contribution in [0, 0.1) is 5.92 Å². The third kappa shape index (κ3) is 59.5. The Kier molecular flexibility index (Phi) is 58.3. The smallest absolute Gasteiger partial charge is 0.462 e. The van der Waals surface area contributed by atoms with Gasteiger partial charge in [0.15, 0.2) is 12.2 Å². The van der Waals surface area contributed by atoms with Gasteiger partial charge < -0.3 is 33.8 Å². The zero-order chi connectivity index (χ0) is 62.8. The predicted octanol–water partition coefficient (Wildman–Crippen LogP) is 18.6. The zero-order valence-corrected chi connectivity index (χ0v) is 56.5. The van der Waals surface area contributed by atoms with Gasteiger partial charge in [-0.3, -0.25) is 37.3 Å². The summed E-state index contributed by atoms with van der Waals surface area (Å²) in [6, 6.07) is 0. The van der Waals surface area contributed by atoms with Crippen molar-refractivity contribution in [2.75, 3.05) is 39.6 Å². The number of ether oxygens (including phenoxy) is 4. The highest BCUT2D eigenvalue weighted by atomic mass is 31.2. The van der Waals surface area contributed by atoms with E-state index in [1.165, 1.54) is 161 Å². The van der Waals surface area contributed by atoms with Crippen molar-refractivity contribution in [3.05, 3.63) is 0 Å². The van der Waals surface area contributed by atoms with Crippen LogP contribution in [-0.4, -0.2) is 96.7 Å². The summed E-state index contributed by atoms with van der Waals surface area (Å²) in [6.07, 6.45) is 44.3. The molecular weight excluding hydrogens is 1130 g/mol. The molecule has 0 bridgehead atoms. The van der Waals surface area contributed by atoms with Crippen LogP contribution in [0.25, 0.3) is 0 Å². The lowest BCUT2D eigenvalue weighted by atomic mass is 9.99. The van der Waals surface area contributed by atoms with Crippen molar-refractivity contribution in [2.24, 2.45) is 5.92 Å². The molecule has 19 heteroatoms. The van der Waals surface area contributed by atoms with Gasteiger partial charge in [0.25, 0.3) is 0 Å². The molecule has 0 amide bonds. The third-order valence-electron chi connectivity index (χ3n) is 15.6. The molecule has 3 unspecified atom stereocenters. The van der Waals surface area contributed by atoms with Crippen LogP contribution in [-0.2, 0) is 65.4 Å². The second-order valence-corrected chi connectivity index (χ2v) is 27.0. The molecular formula is C66H128O17P2. The van der Waals surface area contributed by atoms with E-state index in [0.717, 1.165) is 95.8 Å². The van der Waals surface area contributed by atoms with E-state index in [2.05, 4.69) is 34.6 Å². The van der Waals surface area contributed by atoms with Crippen LogP contribution in [0.4, 0.5) is 0 Å². The zero-order valence-electron chi connectivity index (χ0n) is 54.7. The molecule has 0 aromatic carbocycles. The number of rotatable bonds is 66. The Morgan fingerprint density at radius 3 is 0.835 bits per heavy atom. The monoisotopic (exact) mass is 1250 g/mol. The lowest BCUT2D eigenvalue weighted by Gasteiger charge is -2.21. The highest BCUT2D eigenvalue weighted by molar-refractivity contribution is 7.47. The first-order valence-electron chi connectivity index (χ1n) is 34.7. The molecule has 0 aliphatic heterocycles. The van der Waals surface area contributed by atoms with Crippen molar-refractivity contribution in [2.45, 2.75) is 355 Å². The first-order chi connectivity index (χ1) is 41.1. The second-order valence-electron chi connectivity index (χ2n) is 24.1. The Morgan fingerprint density at radius 2 is 0.565 bits per heavy atom. The minimum absolute atomic E-state index is 0.106. The van der Waals surface area contributed by atoms with Gasteiger partial charge in [-0.25, -0.2) is 9.13 Å². The molecule has 0 saturated heterocycles. The van der Waals surface area contributed by atoms with Gasteiger partial charge in [0.2, 0.25) is 0 Å². The first-order valence-corrected chi connectivity index (χ1v) is 37.7. The van der Waals surface area contributed by atoms with Crippen LogP contribution in [0.2, 0.25) is 0 Å². The summed E-state index contributed by atoms with van der Waals surface area (Å²) in [4.78, 5) is 72.3. The van der Waals surface area contributed by atoms with Gasteiger partial charge in [-0.2, -0.15) is 0 Å². The maximum atomic E-state index is 13.0. The second kappa shape index (κ2) is 59.7. The van der Waals surface area contributed by atoms with Crippen molar-refractivity contribution in [3.63, 3.8) is 0 Å². The van der Waals surface area contributed by atoms with E-state index in [1.807, 2.05) is 0 Å². The topological polar surface area (TPSA) is 237 Å². The number of hydrogen-bond acceptors (Lipinski definition) is 15. The molecule has 0 heterocycles. The molecule has 0 spiro atoms. The van der Waals surface area contributed by atoms with E-state index >= 15 is 0 Å². The average molecular weight is 1260 g/mol. The maximum Gasteiger partial charge on any atom is 0.472 e. The van der Waals surface area contributed by atoms with E-state index in [9.17, 15) is 43.2 Å². The number of aliphatic hydroxyl groups excluding tert-OH is 1. The molecule has 0 saturated carbocycles. The number of carbonyl (C=O) groups excluding carboxylic acids is 4. The van der Waals surface area contributed by atoms with E-state index in [0.29, 0.717) is 25.7 Å².